The molecule has 0 aliphatic carbocycles. The van der Waals surface area contributed by atoms with E-state index >= 15 is 0 Å². The van der Waals surface area contributed by atoms with Gasteiger partial charge < -0.3 is 5.32 Å². The largest absolute Gasteiger partial charge is 0.346 e. The molecule has 1 aromatic heterocycles. The first-order chi connectivity index (χ1) is 11.7. The molecule has 25 heavy (non-hydrogen) atoms. The number of sulfone groups is 1. The van der Waals surface area contributed by atoms with E-state index in [1.54, 1.807) is 31.3 Å². The molecule has 5 nitrogen and oxygen atoms in total. The van der Waals surface area contributed by atoms with Crippen LogP contribution in [0.5, 0.6) is 0 Å². The number of aromatic nitrogens is 1. The van der Waals surface area contributed by atoms with Crippen LogP contribution in [0.2, 0.25) is 0 Å². The smallest absolute Gasteiger partial charge is 0.253 e. The molecule has 1 unspecified atom stereocenters. The molecule has 132 valence electrons. The van der Waals surface area contributed by atoms with Crippen LogP contribution in [0.1, 0.15) is 34.8 Å². The summed E-state index contributed by atoms with van der Waals surface area (Å²) in [4.78, 5) is 16.6. The Balaban J connectivity index is 1.72. The highest BCUT2D eigenvalue weighted by Crippen LogP contribution is 2.23. The Kier molecular flexibility index (Phi) is 4.60. The van der Waals surface area contributed by atoms with Gasteiger partial charge in [0.15, 0.2) is 9.84 Å². The Hall–Kier alpha value is -2.28. The SMILES string of the molecule is CC1(NC(=O)c2cncc(Cc3ccc(F)cc3)c2)CCS(=O)(=O)C1. The molecule has 2 aromatic rings. The van der Waals surface area contributed by atoms with Crippen LogP contribution in [-0.2, 0) is 16.3 Å². The Morgan fingerprint density at radius 3 is 2.60 bits per heavy atom. The number of carbonyl (C=O) groups is 1. The molecule has 7 heteroatoms. The molecule has 2 heterocycles. The van der Waals surface area contributed by atoms with Gasteiger partial charge in [-0.25, -0.2) is 12.8 Å². The van der Waals surface area contributed by atoms with Crippen molar-refractivity contribution in [3.8, 4) is 0 Å². The number of hydrogen-bond acceptors (Lipinski definition) is 4. The predicted octanol–water partition coefficient (Wildman–Crippen LogP) is 2.12. The average molecular weight is 362 g/mol. The summed E-state index contributed by atoms with van der Waals surface area (Å²) < 4.78 is 36.3. The van der Waals surface area contributed by atoms with Crippen molar-refractivity contribution in [1.82, 2.24) is 10.3 Å². The van der Waals surface area contributed by atoms with Crippen LogP contribution in [0.25, 0.3) is 0 Å². The quantitative estimate of drug-likeness (QED) is 0.904. The first kappa shape index (κ1) is 17.5. The van der Waals surface area contributed by atoms with E-state index in [1.165, 1.54) is 18.3 Å². The van der Waals surface area contributed by atoms with Crippen LogP contribution in [0.3, 0.4) is 0 Å². The molecule has 1 aromatic carbocycles. The van der Waals surface area contributed by atoms with E-state index < -0.39 is 15.4 Å². The number of nitrogens with zero attached hydrogens (tertiary/aromatic N) is 1. The molecule has 1 saturated heterocycles. The van der Waals surface area contributed by atoms with Crippen molar-refractivity contribution in [2.75, 3.05) is 11.5 Å². The fraction of sp³-hybridized carbons (Fsp3) is 0.333. The molecule has 1 N–H and O–H groups in total. The van der Waals surface area contributed by atoms with Gasteiger partial charge in [-0.1, -0.05) is 12.1 Å². The molecule has 1 fully saturated rings. The second kappa shape index (κ2) is 6.55. The summed E-state index contributed by atoms with van der Waals surface area (Å²) in [6.45, 7) is 1.74. The third kappa shape index (κ3) is 4.42. The van der Waals surface area contributed by atoms with Crippen LogP contribution in [-0.4, -0.2) is 36.4 Å². The fourth-order valence-electron chi connectivity index (χ4n) is 3.00. The van der Waals surface area contributed by atoms with Gasteiger partial charge in [0.05, 0.1) is 22.6 Å². The van der Waals surface area contributed by atoms with E-state index in [2.05, 4.69) is 10.3 Å². The maximum absolute atomic E-state index is 13.0. The van der Waals surface area contributed by atoms with Gasteiger partial charge in [0.25, 0.3) is 5.91 Å². The topological polar surface area (TPSA) is 76.1 Å². The third-order valence-electron chi connectivity index (χ3n) is 4.30. The van der Waals surface area contributed by atoms with Crippen molar-refractivity contribution in [2.24, 2.45) is 0 Å². The lowest BCUT2D eigenvalue weighted by Gasteiger charge is -2.23. The number of amides is 1. The monoisotopic (exact) mass is 362 g/mol. The van der Waals surface area contributed by atoms with Crippen molar-refractivity contribution in [2.45, 2.75) is 25.3 Å². The van der Waals surface area contributed by atoms with E-state index in [0.29, 0.717) is 18.4 Å². The van der Waals surface area contributed by atoms with Crippen LogP contribution < -0.4 is 5.32 Å². The zero-order valence-electron chi connectivity index (χ0n) is 13.8. The van der Waals surface area contributed by atoms with E-state index in [9.17, 15) is 17.6 Å². The Morgan fingerprint density at radius 2 is 1.96 bits per heavy atom. The number of halogens is 1. The van der Waals surface area contributed by atoms with E-state index in [4.69, 9.17) is 0 Å². The zero-order chi connectivity index (χ0) is 18.1. The van der Waals surface area contributed by atoms with Crippen molar-refractivity contribution in [3.05, 3.63) is 65.2 Å². The van der Waals surface area contributed by atoms with Gasteiger partial charge in [0.1, 0.15) is 5.82 Å². The van der Waals surface area contributed by atoms with Gasteiger partial charge in [-0.05, 0) is 49.1 Å². The molecule has 0 radical (unpaired) electrons. The average Bonchev–Trinajstić information content (AvgIpc) is 2.83. The first-order valence-corrected chi connectivity index (χ1v) is 9.78. The van der Waals surface area contributed by atoms with Crippen molar-refractivity contribution in [1.29, 1.82) is 0 Å². The number of rotatable bonds is 4. The highest BCUT2D eigenvalue weighted by Gasteiger charge is 2.39. The van der Waals surface area contributed by atoms with Crippen LogP contribution >= 0.6 is 0 Å². The maximum Gasteiger partial charge on any atom is 0.253 e. The summed E-state index contributed by atoms with van der Waals surface area (Å²) in [5.74, 6) is -0.594. The van der Waals surface area contributed by atoms with Crippen molar-refractivity contribution >= 4 is 15.7 Å². The van der Waals surface area contributed by atoms with Crippen molar-refractivity contribution in [3.63, 3.8) is 0 Å². The second-order valence-electron chi connectivity index (χ2n) is 6.74. The normalized spacial score (nSPS) is 21.8. The standard InChI is InChI=1S/C18H19FN2O3S/c1-18(6-7-25(23,24)12-18)21-17(22)15-9-14(10-20-11-15)8-13-2-4-16(19)5-3-13/h2-5,9-11H,6-8,12H2,1H3,(H,21,22). The zero-order valence-corrected chi connectivity index (χ0v) is 14.6. The fourth-order valence-corrected chi connectivity index (χ4v) is 5.09. The highest BCUT2D eigenvalue weighted by atomic mass is 32.2. The minimum absolute atomic E-state index is 0.0472. The molecular formula is C18H19FN2O3S. The summed E-state index contributed by atoms with van der Waals surface area (Å²) >= 11 is 0. The molecule has 0 saturated carbocycles. The van der Waals surface area contributed by atoms with E-state index in [1.807, 2.05) is 0 Å². The molecule has 3 rings (SSSR count). The third-order valence-corrected chi connectivity index (χ3v) is 6.20. The summed E-state index contributed by atoms with van der Waals surface area (Å²) in [5.41, 5.74) is 1.37. The van der Waals surface area contributed by atoms with Gasteiger partial charge in [-0.15, -0.1) is 0 Å². The van der Waals surface area contributed by atoms with Gasteiger partial charge in [0.2, 0.25) is 0 Å². The Labute approximate surface area is 146 Å². The van der Waals surface area contributed by atoms with Gasteiger partial charge in [0, 0.05) is 12.4 Å². The molecular weight excluding hydrogens is 343 g/mol. The van der Waals surface area contributed by atoms with E-state index in [-0.39, 0.29) is 23.2 Å². The van der Waals surface area contributed by atoms with Crippen LogP contribution in [0.15, 0.2) is 42.7 Å². The molecule has 1 amide bonds. The van der Waals surface area contributed by atoms with Crippen LogP contribution in [0.4, 0.5) is 4.39 Å². The minimum Gasteiger partial charge on any atom is -0.346 e. The van der Waals surface area contributed by atoms with Crippen molar-refractivity contribution < 1.29 is 17.6 Å². The Morgan fingerprint density at radius 1 is 1.24 bits per heavy atom. The summed E-state index contributed by atoms with van der Waals surface area (Å²) in [7, 11) is -3.10. The van der Waals surface area contributed by atoms with Gasteiger partial charge >= 0.3 is 0 Å². The first-order valence-electron chi connectivity index (χ1n) is 7.96. The lowest BCUT2D eigenvalue weighted by atomic mass is 10.0. The Bertz CT molecular complexity index is 897. The predicted molar refractivity (Wildman–Crippen MR) is 92.6 cm³/mol. The number of benzene rings is 1. The minimum atomic E-state index is -3.10. The molecule has 1 aliphatic heterocycles. The van der Waals surface area contributed by atoms with E-state index in [0.717, 1.165) is 11.1 Å². The summed E-state index contributed by atoms with van der Waals surface area (Å²) in [6.07, 6.45) is 4.04. The summed E-state index contributed by atoms with van der Waals surface area (Å²) in [5, 5.41) is 2.82. The second-order valence-corrected chi connectivity index (χ2v) is 8.93. The van der Waals surface area contributed by atoms with Crippen LogP contribution in [0, 0.1) is 5.82 Å². The molecule has 1 aliphatic rings. The maximum atomic E-state index is 13.0. The molecule has 0 bridgehead atoms. The number of carbonyl (C=O) groups excluding carboxylic acids is 1. The number of hydrogen-bond donors (Lipinski definition) is 1. The van der Waals surface area contributed by atoms with Gasteiger partial charge in [-0.3, -0.25) is 9.78 Å². The summed E-state index contributed by atoms with van der Waals surface area (Å²) in [6, 6.07) is 7.87. The number of pyridine rings is 1. The van der Waals surface area contributed by atoms with Gasteiger partial charge in [-0.2, -0.15) is 0 Å². The number of nitrogens with one attached hydrogen (secondary N) is 1. The molecule has 0 spiro atoms. The molecule has 1 atom stereocenters. The lowest BCUT2D eigenvalue weighted by molar-refractivity contribution is 0.0915. The highest BCUT2D eigenvalue weighted by molar-refractivity contribution is 7.91. The lowest BCUT2D eigenvalue weighted by Crippen LogP contribution is -2.46.